The fourth-order valence-electron chi connectivity index (χ4n) is 2.80. The molecule has 3 aromatic rings. The number of benzene rings is 2. The van der Waals surface area contributed by atoms with E-state index in [0.717, 1.165) is 0 Å². The van der Waals surface area contributed by atoms with Crippen molar-refractivity contribution in [3.05, 3.63) is 87.8 Å². The minimum Gasteiger partial charge on any atom is -0.492 e. The average Bonchev–Trinajstić information content (AvgIpc) is 3.34. The van der Waals surface area contributed by atoms with Gasteiger partial charge in [0, 0.05) is 11.4 Å². The monoisotopic (exact) mass is 498 g/mol. The highest BCUT2D eigenvalue weighted by Gasteiger charge is 2.10. The molecule has 0 aliphatic carbocycles. The lowest BCUT2D eigenvalue weighted by atomic mass is 10.1. The number of amides is 1. The van der Waals surface area contributed by atoms with Crippen molar-refractivity contribution < 1.29 is 23.5 Å². The Morgan fingerprint density at radius 3 is 2.59 bits per heavy atom. The number of hydrogen-bond donors (Lipinski definition) is 1. The predicted molar refractivity (Wildman–Crippen MR) is 127 cm³/mol. The first-order valence-corrected chi connectivity index (χ1v) is 11.0. The molecule has 0 aliphatic rings. The van der Waals surface area contributed by atoms with E-state index < -0.39 is 11.9 Å². The number of nitriles is 1. The lowest BCUT2D eigenvalue weighted by Gasteiger charge is -2.08. The molecule has 0 saturated carbocycles. The summed E-state index contributed by atoms with van der Waals surface area (Å²) in [7, 11) is 0. The number of nitrogens with one attached hydrogen (secondary N) is 1. The van der Waals surface area contributed by atoms with Crippen molar-refractivity contribution in [3.8, 4) is 17.6 Å². The van der Waals surface area contributed by atoms with E-state index >= 15 is 0 Å². The van der Waals surface area contributed by atoms with Crippen molar-refractivity contribution in [1.29, 1.82) is 5.26 Å². The number of esters is 1. The topological polar surface area (TPSA) is 102 Å². The van der Waals surface area contributed by atoms with Crippen LogP contribution in [0.3, 0.4) is 0 Å². The number of carbonyl (C=O) groups excluding carboxylic acids is 2. The standard InChI is InChI=1S/C25H20Cl2N2O5/c26-19-7-10-23(22(27)14-19)33-12-2-4-24(30)34-20-8-5-17(6-9-20)13-18(15-28)25(31)29-16-21-3-1-11-32-21/h1,3,5-11,13-14H,2,4,12,16H2,(H,29,31)/b18-13+. The number of halogens is 2. The van der Waals surface area contributed by atoms with Crippen molar-refractivity contribution in [2.45, 2.75) is 19.4 Å². The maximum atomic E-state index is 12.2. The molecule has 1 heterocycles. The number of nitrogens with zero attached hydrogens (tertiary/aromatic N) is 1. The van der Waals surface area contributed by atoms with E-state index in [1.54, 1.807) is 54.6 Å². The predicted octanol–water partition coefficient (Wildman–Crippen LogP) is 5.57. The van der Waals surface area contributed by atoms with Gasteiger partial charge in [-0.25, -0.2) is 0 Å². The SMILES string of the molecule is N#C/C(=C\c1ccc(OC(=O)CCCOc2ccc(Cl)cc2Cl)cc1)C(=O)NCc1ccco1. The summed E-state index contributed by atoms with van der Waals surface area (Å²) < 4.78 is 16.0. The molecule has 2 aromatic carbocycles. The second-order valence-corrected chi connectivity index (χ2v) is 7.85. The summed E-state index contributed by atoms with van der Waals surface area (Å²) in [5, 5.41) is 12.8. The molecule has 0 fully saturated rings. The van der Waals surface area contributed by atoms with Gasteiger partial charge >= 0.3 is 5.97 Å². The summed E-state index contributed by atoms with van der Waals surface area (Å²) in [6, 6.07) is 16.7. The van der Waals surface area contributed by atoms with Crippen LogP contribution in [0, 0.1) is 11.3 Å². The van der Waals surface area contributed by atoms with Gasteiger partial charge in [-0.05, 0) is 60.5 Å². The van der Waals surface area contributed by atoms with E-state index in [0.29, 0.717) is 45.9 Å². The van der Waals surface area contributed by atoms with E-state index in [9.17, 15) is 14.9 Å². The van der Waals surface area contributed by atoms with Crippen molar-refractivity contribution in [2.24, 2.45) is 0 Å². The zero-order chi connectivity index (χ0) is 24.3. The maximum Gasteiger partial charge on any atom is 0.311 e. The molecular weight excluding hydrogens is 479 g/mol. The molecule has 0 radical (unpaired) electrons. The van der Waals surface area contributed by atoms with Gasteiger partial charge in [-0.3, -0.25) is 9.59 Å². The molecule has 1 N–H and O–H groups in total. The largest absolute Gasteiger partial charge is 0.492 e. The van der Waals surface area contributed by atoms with Gasteiger partial charge in [0.1, 0.15) is 28.9 Å². The smallest absolute Gasteiger partial charge is 0.311 e. The second kappa shape index (κ2) is 12.5. The van der Waals surface area contributed by atoms with Crippen LogP contribution in [0.5, 0.6) is 11.5 Å². The lowest BCUT2D eigenvalue weighted by molar-refractivity contribution is -0.134. The summed E-state index contributed by atoms with van der Waals surface area (Å²) in [6.07, 6.45) is 3.54. The second-order valence-electron chi connectivity index (χ2n) is 7.00. The minimum atomic E-state index is -0.517. The summed E-state index contributed by atoms with van der Waals surface area (Å²) >= 11 is 11.9. The molecule has 1 aromatic heterocycles. The summed E-state index contributed by atoms with van der Waals surface area (Å²) in [5.41, 5.74) is 0.551. The Morgan fingerprint density at radius 1 is 1.12 bits per heavy atom. The number of hydrogen-bond acceptors (Lipinski definition) is 6. The average molecular weight is 499 g/mol. The third-order valence-electron chi connectivity index (χ3n) is 4.47. The number of rotatable bonds is 10. The van der Waals surface area contributed by atoms with Gasteiger partial charge in [0.15, 0.2) is 0 Å². The van der Waals surface area contributed by atoms with Crippen LogP contribution >= 0.6 is 23.2 Å². The van der Waals surface area contributed by atoms with Crippen LogP contribution in [0.15, 0.2) is 70.9 Å². The Morgan fingerprint density at radius 2 is 1.91 bits per heavy atom. The van der Waals surface area contributed by atoms with Gasteiger partial charge in [-0.1, -0.05) is 35.3 Å². The highest BCUT2D eigenvalue weighted by atomic mass is 35.5. The Hall–Kier alpha value is -3.73. The van der Waals surface area contributed by atoms with Crippen molar-refractivity contribution >= 4 is 41.2 Å². The van der Waals surface area contributed by atoms with Crippen LogP contribution in [-0.2, 0) is 16.1 Å². The third-order valence-corrected chi connectivity index (χ3v) is 5.00. The number of carbonyl (C=O) groups is 2. The first-order chi connectivity index (χ1) is 16.4. The van der Waals surface area contributed by atoms with Crippen molar-refractivity contribution in [2.75, 3.05) is 6.61 Å². The van der Waals surface area contributed by atoms with E-state index in [4.69, 9.17) is 37.1 Å². The number of ether oxygens (including phenoxy) is 2. The normalized spacial score (nSPS) is 10.9. The molecule has 3 rings (SSSR count). The molecule has 174 valence electrons. The van der Waals surface area contributed by atoms with Crippen LogP contribution in [0.25, 0.3) is 6.08 Å². The zero-order valence-corrected chi connectivity index (χ0v) is 19.4. The molecule has 7 nitrogen and oxygen atoms in total. The van der Waals surface area contributed by atoms with E-state index in [2.05, 4.69) is 5.32 Å². The van der Waals surface area contributed by atoms with E-state index in [-0.39, 0.29) is 18.5 Å². The van der Waals surface area contributed by atoms with Gasteiger partial charge < -0.3 is 19.2 Å². The van der Waals surface area contributed by atoms with Gasteiger partial charge in [0.2, 0.25) is 0 Å². The molecule has 0 saturated heterocycles. The van der Waals surface area contributed by atoms with Crippen LogP contribution < -0.4 is 14.8 Å². The Kier molecular flexibility index (Phi) is 9.15. The molecular formula is C25H20Cl2N2O5. The molecule has 34 heavy (non-hydrogen) atoms. The molecule has 0 spiro atoms. The number of furan rings is 1. The Balaban J connectivity index is 1.45. The highest BCUT2D eigenvalue weighted by Crippen LogP contribution is 2.27. The molecule has 0 unspecified atom stereocenters. The Labute approximate surface area is 206 Å². The van der Waals surface area contributed by atoms with Crippen LogP contribution in [0.1, 0.15) is 24.2 Å². The van der Waals surface area contributed by atoms with Crippen LogP contribution in [-0.4, -0.2) is 18.5 Å². The van der Waals surface area contributed by atoms with Gasteiger partial charge in [-0.15, -0.1) is 0 Å². The molecule has 0 atom stereocenters. The van der Waals surface area contributed by atoms with Gasteiger partial charge in [-0.2, -0.15) is 5.26 Å². The fourth-order valence-corrected chi connectivity index (χ4v) is 3.26. The molecule has 1 amide bonds. The lowest BCUT2D eigenvalue weighted by Crippen LogP contribution is -2.23. The quantitative estimate of drug-likeness (QED) is 0.129. The first kappa shape index (κ1) is 24.9. The van der Waals surface area contributed by atoms with Crippen LogP contribution in [0.2, 0.25) is 10.0 Å². The van der Waals surface area contributed by atoms with Crippen LogP contribution in [0.4, 0.5) is 0 Å². The van der Waals surface area contributed by atoms with Crippen molar-refractivity contribution in [1.82, 2.24) is 5.32 Å². The minimum absolute atomic E-state index is 0.0582. The third kappa shape index (κ3) is 7.69. The van der Waals surface area contributed by atoms with E-state index in [1.165, 1.54) is 12.3 Å². The van der Waals surface area contributed by atoms with E-state index in [1.807, 2.05) is 6.07 Å². The summed E-state index contributed by atoms with van der Waals surface area (Å²) in [5.74, 6) is 0.497. The summed E-state index contributed by atoms with van der Waals surface area (Å²) in [6.45, 7) is 0.469. The van der Waals surface area contributed by atoms with Gasteiger partial charge in [0.05, 0.1) is 24.4 Å². The summed E-state index contributed by atoms with van der Waals surface area (Å²) in [4.78, 5) is 24.3. The maximum absolute atomic E-state index is 12.2. The van der Waals surface area contributed by atoms with Crippen molar-refractivity contribution in [3.63, 3.8) is 0 Å². The molecule has 9 heteroatoms. The molecule has 0 aliphatic heterocycles. The fraction of sp³-hybridized carbons (Fsp3) is 0.160. The highest BCUT2D eigenvalue weighted by molar-refractivity contribution is 6.35. The first-order valence-electron chi connectivity index (χ1n) is 10.3. The Bertz CT molecular complexity index is 1200. The zero-order valence-electron chi connectivity index (χ0n) is 17.9. The molecule has 0 bridgehead atoms. The van der Waals surface area contributed by atoms with Gasteiger partial charge in [0.25, 0.3) is 5.91 Å².